The van der Waals surface area contributed by atoms with Crippen LogP contribution in [-0.2, 0) is 0 Å². The summed E-state index contributed by atoms with van der Waals surface area (Å²) in [5.74, 6) is 2.20. The first-order valence-corrected chi connectivity index (χ1v) is 8.41. The highest BCUT2D eigenvalue weighted by molar-refractivity contribution is 6.32. The normalized spacial score (nSPS) is 10.0. The number of ether oxygens (including phenoxy) is 4. The lowest BCUT2D eigenvalue weighted by atomic mass is 10.2. The van der Waals surface area contributed by atoms with Crippen molar-refractivity contribution in [1.29, 1.82) is 5.26 Å². The molecule has 0 saturated heterocycles. The first kappa shape index (κ1) is 18.8. The largest absolute Gasteiger partial charge is 0.490 e. The molecular weight excluding hydrogens is 342 g/mol. The minimum atomic E-state index is 0.270. The lowest BCUT2D eigenvalue weighted by Crippen LogP contribution is -2.11. The van der Waals surface area contributed by atoms with E-state index in [2.05, 4.69) is 0 Å². The summed E-state index contributed by atoms with van der Waals surface area (Å²) in [6, 6.07) is 12.7. The van der Waals surface area contributed by atoms with E-state index in [1.54, 1.807) is 12.1 Å². The van der Waals surface area contributed by atoms with Gasteiger partial charge in [-0.2, -0.15) is 5.26 Å². The number of halogens is 1. The van der Waals surface area contributed by atoms with Crippen LogP contribution in [0.15, 0.2) is 36.4 Å². The maximum atomic E-state index is 9.02. The second-order valence-electron chi connectivity index (χ2n) is 4.91. The Kier molecular flexibility index (Phi) is 7.24. The molecule has 0 heterocycles. The Balaban J connectivity index is 1.99. The summed E-state index contributed by atoms with van der Waals surface area (Å²) in [4.78, 5) is 0. The number of hydrogen-bond acceptors (Lipinski definition) is 5. The van der Waals surface area contributed by atoms with Gasteiger partial charge in [-0.1, -0.05) is 23.7 Å². The molecule has 0 aliphatic heterocycles. The number of hydrogen-bond donors (Lipinski definition) is 0. The van der Waals surface area contributed by atoms with E-state index in [9.17, 15) is 0 Å². The number of nitriles is 1. The molecule has 0 atom stereocenters. The Hall–Kier alpha value is -2.58. The van der Waals surface area contributed by atoms with Crippen molar-refractivity contribution in [3.63, 3.8) is 0 Å². The standard InChI is InChI=1S/C19H20ClNO4/c1-3-22-16-7-5-6-8-17(16)24-9-10-25-19-15(20)11-14(13-21)12-18(19)23-4-2/h5-8,11-12H,3-4,9-10H2,1-2H3. The van der Waals surface area contributed by atoms with Crippen molar-refractivity contribution in [2.75, 3.05) is 26.4 Å². The zero-order chi connectivity index (χ0) is 18.1. The van der Waals surface area contributed by atoms with Crippen LogP contribution in [0.3, 0.4) is 0 Å². The smallest absolute Gasteiger partial charge is 0.179 e. The molecule has 2 aromatic rings. The summed E-state index contributed by atoms with van der Waals surface area (Å²) in [5, 5.41) is 9.35. The van der Waals surface area contributed by atoms with E-state index in [-0.39, 0.29) is 6.61 Å². The molecule has 0 fully saturated rings. The van der Waals surface area contributed by atoms with Gasteiger partial charge < -0.3 is 18.9 Å². The predicted molar refractivity (Wildman–Crippen MR) is 95.9 cm³/mol. The van der Waals surface area contributed by atoms with Gasteiger partial charge >= 0.3 is 0 Å². The van der Waals surface area contributed by atoms with Crippen LogP contribution in [0.2, 0.25) is 5.02 Å². The second kappa shape index (κ2) is 9.65. The number of para-hydroxylation sites is 2. The topological polar surface area (TPSA) is 60.7 Å². The molecule has 0 amide bonds. The minimum absolute atomic E-state index is 0.270. The molecule has 0 saturated carbocycles. The van der Waals surface area contributed by atoms with E-state index >= 15 is 0 Å². The van der Waals surface area contributed by atoms with Gasteiger partial charge in [-0.05, 0) is 32.0 Å². The zero-order valence-electron chi connectivity index (χ0n) is 14.3. The van der Waals surface area contributed by atoms with Crippen molar-refractivity contribution in [2.45, 2.75) is 13.8 Å². The van der Waals surface area contributed by atoms with Gasteiger partial charge in [0.2, 0.25) is 0 Å². The van der Waals surface area contributed by atoms with E-state index in [1.165, 1.54) is 0 Å². The van der Waals surface area contributed by atoms with Crippen LogP contribution >= 0.6 is 11.6 Å². The van der Waals surface area contributed by atoms with Gasteiger partial charge in [0.05, 0.1) is 29.9 Å². The molecule has 0 N–H and O–H groups in total. The Labute approximate surface area is 152 Å². The Morgan fingerprint density at radius 1 is 0.880 bits per heavy atom. The van der Waals surface area contributed by atoms with Gasteiger partial charge in [-0.3, -0.25) is 0 Å². The molecule has 6 heteroatoms. The lowest BCUT2D eigenvalue weighted by molar-refractivity contribution is 0.201. The first-order valence-electron chi connectivity index (χ1n) is 8.03. The molecule has 0 bridgehead atoms. The third-order valence-electron chi connectivity index (χ3n) is 3.17. The molecule has 2 rings (SSSR count). The molecule has 132 valence electrons. The van der Waals surface area contributed by atoms with Crippen LogP contribution < -0.4 is 18.9 Å². The van der Waals surface area contributed by atoms with E-state index in [0.717, 1.165) is 0 Å². The number of benzene rings is 2. The van der Waals surface area contributed by atoms with Crippen molar-refractivity contribution in [3.8, 4) is 29.1 Å². The van der Waals surface area contributed by atoms with E-state index in [4.69, 9.17) is 35.8 Å². The van der Waals surface area contributed by atoms with Crippen LogP contribution in [0.25, 0.3) is 0 Å². The summed E-state index contributed by atoms with van der Waals surface area (Å²) in [6.45, 7) is 5.36. The summed E-state index contributed by atoms with van der Waals surface area (Å²) in [7, 11) is 0. The third kappa shape index (κ3) is 5.20. The molecule has 5 nitrogen and oxygen atoms in total. The van der Waals surface area contributed by atoms with E-state index in [1.807, 2.05) is 44.2 Å². The monoisotopic (exact) mass is 361 g/mol. The highest BCUT2D eigenvalue weighted by Gasteiger charge is 2.13. The van der Waals surface area contributed by atoms with Gasteiger partial charge in [-0.25, -0.2) is 0 Å². The van der Waals surface area contributed by atoms with Crippen molar-refractivity contribution in [3.05, 3.63) is 47.0 Å². The minimum Gasteiger partial charge on any atom is -0.490 e. The molecule has 0 aliphatic rings. The SMILES string of the molecule is CCOc1ccccc1OCCOc1c(Cl)cc(C#N)cc1OCC. The van der Waals surface area contributed by atoms with Crippen LogP contribution in [0, 0.1) is 11.3 Å². The summed E-state index contributed by atoms with van der Waals surface area (Å²) in [5.41, 5.74) is 0.419. The molecule has 2 aromatic carbocycles. The maximum absolute atomic E-state index is 9.02. The molecular formula is C19H20ClNO4. The van der Waals surface area contributed by atoms with Gasteiger partial charge in [-0.15, -0.1) is 0 Å². The average Bonchev–Trinajstić information content (AvgIpc) is 2.62. The van der Waals surface area contributed by atoms with Crippen LogP contribution in [0.5, 0.6) is 23.0 Å². The molecule has 0 aliphatic carbocycles. The quantitative estimate of drug-likeness (QED) is 0.617. The van der Waals surface area contributed by atoms with Crippen molar-refractivity contribution in [1.82, 2.24) is 0 Å². The third-order valence-corrected chi connectivity index (χ3v) is 3.46. The Bertz CT molecular complexity index is 743. The molecule has 25 heavy (non-hydrogen) atoms. The lowest BCUT2D eigenvalue weighted by Gasteiger charge is -2.15. The van der Waals surface area contributed by atoms with Gasteiger partial charge in [0.1, 0.15) is 13.2 Å². The van der Waals surface area contributed by atoms with Gasteiger partial charge in [0, 0.05) is 6.07 Å². The average molecular weight is 362 g/mol. The molecule has 0 radical (unpaired) electrons. The van der Waals surface area contributed by atoms with Crippen molar-refractivity contribution < 1.29 is 18.9 Å². The second-order valence-corrected chi connectivity index (χ2v) is 5.31. The van der Waals surface area contributed by atoms with E-state index in [0.29, 0.717) is 53.4 Å². The summed E-state index contributed by atoms with van der Waals surface area (Å²) >= 11 is 6.19. The van der Waals surface area contributed by atoms with Gasteiger partial charge in [0.25, 0.3) is 0 Å². The summed E-state index contributed by atoms with van der Waals surface area (Å²) < 4.78 is 22.4. The zero-order valence-corrected chi connectivity index (χ0v) is 15.0. The number of nitrogens with zero attached hydrogens (tertiary/aromatic N) is 1. The Morgan fingerprint density at radius 2 is 1.48 bits per heavy atom. The van der Waals surface area contributed by atoms with Crippen LogP contribution in [0.1, 0.15) is 19.4 Å². The molecule has 0 unspecified atom stereocenters. The maximum Gasteiger partial charge on any atom is 0.179 e. The van der Waals surface area contributed by atoms with Crippen LogP contribution in [-0.4, -0.2) is 26.4 Å². The van der Waals surface area contributed by atoms with Crippen molar-refractivity contribution in [2.24, 2.45) is 0 Å². The van der Waals surface area contributed by atoms with E-state index < -0.39 is 0 Å². The highest BCUT2D eigenvalue weighted by atomic mass is 35.5. The van der Waals surface area contributed by atoms with Crippen LogP contribution in [0.4, 0.5) is 0 Å². The molecule has 0 spiro atoms. The van der Waals surface area contributed by atoms with Gasteiger partial charge in [0.15, 0.2) is 23.0 Å². The first-order chi connectivity index (χ1) is 12.2. The fourth-order valence-corrected chi connectivity index (χ4v) is 2.44. The number of rotatable bonds is 9. The highest BCUT2D eigenvalue weighted by Crippen LogP contribution is 2.36. The predicted octanol–water partition coefficient (Wildman–Crippen LogP) is 4.47. The fourth-order valence-electron chi connectivity index (χ4n) is 2.18. The summed E-state index contributed by atoms with van der Waals surface area (Å²) in [6.07, 6.45) is 0. The molecule has 0 aromatic heterocycles. The van der Waals surface area contributed by atoms with Crippen molar-refractivity contribution >= 4 is 11.6 Å². The fraction of sp³-hybridized carbons (Fsp3) is 0.316. The Morgan fingerprint density at radius 3 is 2.12 bits per heavy atom.